The SMILES string of the molecule is OCCCc1cc(Cl)ccc1COc1cccc(Br)n1. The topological polar surface area (TPSA) is 42.4 Å². The van der Waals surface area contributed by atoms with Gasteiger partial charge in [-0.25, -0.2) is 4.98 Å². The number of hydrogen-bond acceptors (Lipinski definition) is 3. The molecule has 20 heavy (non-hydrogen) atoms. The minimum atomic E-state index is 0.167. The Kier molecular flexibility index (Phi) is 5.83. The predicted molar refractivity (Wildman–Crippen MR) is 83.1 cm³/mol. The summed E-state index contributed by atoms with van der Waals surface area (Å²) in [6.07, 6.45) is 1.49. The number of ether oxygens (including phenoxy) is 1. The molecule has 0 unspecified atom stereocenters. The summed E-state index contributed by atoms with van der Waals surface area (Å²) in [4.78, 5) is 4.23. The van der Waals surface area contributed by atoms with Crippen LogP contribution in [0.4, 0.5) is 0 Å². The van der Waals surface area contributed by atoms with Crippen LogP contribution in [0.2, 0.25) is 5.02 Å². The Morgan fingerprint density at radius 1 is 1.20 bits per heavy atom. The fourth-order valence-electron chi connectivity index (χ4n) is 1.86. The van der Waals surface area contributed by atoms with Crippen molar-refractivity contribution in [2.75, 3.05) is 6.61 Å². The van der Waals surface area contributed by atoms with Crippen molar-refractivity contribution < 1.29 is 9.84 Å². The molecule has 0 aliphatic carbocycles. The maximum Gasteiger partial charge on any atom is 0.214 e. The molecule has 1 N–H and O–H groups in total. The molecule has 2 rings (SSSR count). The summed E-state index contributed by atoms with van der Waals surface area (Å²) in [7, 11) is 0. The minimum Gasteiger partial charge on any atom is -0.473 e. The number of halogens is 2. The van der Waals surface area contributed by atoms with Crippen molar-refractivity contribution in [1.29, 1.82) is 0 Å². The van der Waals surface area contributed by atoms with Crippen LogP contribution in [0.3, 0.4) is 0 Å². The summed E-state index contributed by atoms with van der Waals surface area (Å²) in [5.74, 6) is 0.572. The van der Waals surface area contributed by atoms with Crippen molar-refractivity contribution in [2.24, 2.45) is 0 Å². The summed E-state index contributed by atoms with van der Waals surface area (Å²) >= 11 is 9.32. The number of aliphatic hydroxyl groups is 1. The second kappa shape index (κ2) is 7.62. The van der Waals surface area contributed by atoms with Gasteiger partial charge in [0.1, 0.15) is 11.2 Å². The maximum atomic E-state index is 8.95. The average Bonchev–Trinajstić information content (AvgIpc) is 2.44. The highest BCUT2D eigenvalue weighted by Crippen LogP contribution is 2.20. The molecule has 1 aromatic heterocycles. The molecule has 0 atom stereocenters. The number of benzene rings is 1. The Labute approximate surface area is 131 Å². The molecular weight excluding hydrogens is 342 g/mol. The minimum absolute atomic E-state index is 0.167. The monoisotopic (exact) mass is 355 g/mol. The zero-order chi connectivity index (χ0) is 14.4. The van der Waals surface area contributed by atoms with E-state index in [9.17, 15) is 0 Å². The molecule has 0 amide bonds. The Hall–Kier alpha value is -1.10. The molecule has 0 spiro atoms. The second-order valence-corrected chi connectivity index (χ2v) is 5.58. The van der Waals surface area contributed by atoms with Gasteiger partial charge in [-0.3, -0.25) is 0 Å². The van der Waals surface area contributed by atoms with E-state index in [1.54, 1.807) is 0 Å². The zero-order valence-electron chi connectivity index (χ0n) is 10.9. The van der Waals surface area contributed by atoms with Crippen LogP contribution in [0.15, 0.2) is 41.0 Å². The molecule has 2 aromatic rings. The van der Waals surface area contributed by atoms with Gasteiger partial charge in [0, 0.05) is 17.7 Å². The number of pyridine rings is 1. The highest BCUT2D eigenvalue weighted by Gasteiger charge is 2.05. The van der Waals surface area contributed by atoms with Gasteiger partial charge >= 0.3 is 0 Å². The third kappa shape index (κ3) is 4.47. The third-order valence-corrected chi connectivity index (χ3v) is 3.51. The quantitative estimate of drug-likeness (QED) is 0.796. The lowest BCUT2D eigenvalue weighted by Crippen LogP contribution is -2.02. The zero-order valence-corrected chi connectivity index (χ0v) is 13.2. The third-order valence-electron chi connectivity index (χ3n) is 2.84. The fourth-order valence-corrected chi connectivity index (χ4v) is 2.38. The molecule has 3 nitrogen and oxygen atoms in total. The lowest BCUT2D eigenvalue weighted by molar-refractivity contribution is 0.283. The number of aryl methyl sites for hydroxylation is 1. The van der Waals surface area contributed by atoms with E-state index in [1.807, 2.05) is 36.4 Å². The van der Waals surface area contributed by atoms with E-state index in [4.69, 9.17) is 21.4 Å². The first kappa shape index (κ1) is 15.3. The Morgan fingerprint density at radius 2 is 2.05 bits per heavy atom. The van der Waals surface area contributed by atoms with Crippen molar-refractivity contribution in [3.8, 4) is 5.88 Å². The molecule has 0 fully saturated rings. The number of nitrogens with zero attached hydrogens (tertiary/aromatic N) is 1. The molecular formula is C15H15BrClNO2. The first-order valence-electron chi connectivity index (χ1n) is 6.32. The molecule has 1 aromatic carbocycles. The van der Waals surface area contributed by atoms with Crippen LogP contribution < -0.4 is 4.74 Å². The van der Waals surface area contributed by atoms with Gasteiger partial charge in [-0.2, -0.15) is 0 Å². The van der Waals surface area contributed by atoms with Gasteiger partial charge in [-0.05, 0) is 58.1 Å². The van der Waals surface area contributed by atoms with Gasteiger partial charge in [0.05, 0.1) is 0 Å². The van der Waals surface area contributed by atoms with Gasteiger partial charge < -0.3 is 9.84 Å². The standard InChI is InChI=1S/C15H15BrClNO2/c16-14-4-1-5-15(18-14)20-10-12-6-7-13(17)9-11(12)3-2-8-19/h1,4-7,9,19H,2-3,8,10H2. The van der Waals surface area contributed by atoms with E-state index in [-0.39, 0.29) is 6.61 Å². The van der Waals surface area contributed by atoms with Crippen LogP contribution in [-0.4, -0.2) is 16.7 Å². The van der Waals surface area contributed by atoms with Crippen molar-refractivity contribution in [3.05, 3.63) is 57.2 Å². The molecule has 0 bridgehead atoms. The van der Waals surface area contributed by atoms with Gasteiger partial charge in [0.25, 0.3) is 0 Å². The van der Waals surface area contributed by atoms with E-state index in [2.05, 4.69) is 20.9 Å². The maximum absolute atomic E-state index is 8.95. The van der Waals surface area contributed by atoms with Crippen LogP contribution in [0.25, 0.3) is 0 Å². The molecule has 106 valence electrons. The molecule has 5 heteroatoms. The first-order valence-corrected chi connectivity index (χ1v) is 7.49. The van der Waals surface area contributed by atoms with Crippen LogP contribution >= 0.6 is 27.5 Å². The van der Waals surface area contributed by atoms with Crippen LogP contribution in [0, 0.1) is 0 Å². The Balaban J connectivity index is 2.08. The van der Waals surface area contributed by atoms with Gasteiger partial charge in [0.2, 0.25) is 5.88 Å². The van der Waals surface area contributed by atoms with E-state index in [0.717, 1.165) is 22.2 Å². The highest BCUT2D eigenvalue weighted by molar-refractivity contribution is 9.10. The summed E-state index contributed by atoms with van der Waals surface area (Å²) in [6.45, 7) is 0.599. The molecule has 0 aliphatic rings. The van der Waals surface area contributed by atoms with E-state index in [1.165, 1.54) is 0 Å². The summed E-state index contributed by atoms with van der Waals surface area (Å²) < 4.78 is 6.43. The summed E-state index contributed by atoms with van der Waals surface area (Å²) in [5.41, 5.74) is 2.16. The molecule has 0 saturated carbocycles. The largest absolute Gasteiger partial charge is 0.473 e. The van der Waals surface area contributed by atoms with Crippen LogP contribution in [0.1, 0.15) is 17.5 Å². The first-order chi connectivity index (χ1) is 9.69. The lowest BCUT2D eigenvalue weighted by Gasteiger charge is -2.11. The van der Waals surface area contributed by atoms with Crippen molar-refractivity contribution >= 4 is 27.5 Å². The van der Waals surface area contributed by atoms with Crippen molar-refractivity contribution in [3.63, 3.8) is 0 Å². The lowest BCUT2D eigenvalue weighted by atomic mass is 10.0. The highest BCUT2D eigenvalue weighted by atomic mass is 79.9. The van der Waals surface area contributed by atoms with Gasteiger partial charge in [-0.15, -0.1) is 0 Å². The average molecular weight is 357 g/mol. The van der Waals surface area contributed by atoms with Crippen molar-refractivity contribution in [1.82, 2.24) is 4.98 Å². The number of aromatic nitrogens is 1. The number of rotatable bonds is 6. The summed E-state index contributed by atoms with van der Waals surface area (Å²) in [5, 5.41) is 9.64. The number of hydrogen-bond donors (Lipinski definition) is 1. The molecule has 0 radical (unpaired) electrons. The van der Waals surface area contributed by atoms with E-state index in [0.29, 0.717) is 23.9 Å². The van der Waals surface area contributed by atoms with Crippen LogP contribution in [-0.2, 0) is 13.0 Å². The molecule has 0 aliphatic heterocycles. The number of aliphatic hydroxyl groups excluding tert-OH is 1. The van der Waals surface area contributed by atoms with Gasteiger partial charge in [0.15, 0.2) is 0 Å². The molecule has 1 heterocycles. The van der Waals surface area contributed by atoms with Crippen LogP contribution in [0.5, 0.6) is 5.88 Å². The Morgan fingerprint density at radius 3 is 2.80 bits per heavy atom. The Bertz CT molecular complexity index is 578. The van der Waals surface area contributed by atoms with E-state index >= 15 is 0 Å². The molecule has 0 saturated heterocycles. The second-order valence-electron chi connectivity index (χ2n) is 4.33. The van der Waals surface area contributed by atoms with Gasteiger partial charge in [-0.1, -0.05) is 23.7 Å². The fraction of sp³-hybridized carbons (Fsp3) is 0.267. The summed E-state index contributed by atoms with van der Waals surface area (Å²) in [6, 6.07) is 11.3. The predicted octanol–water partition coefficient (Wildman–Crippen LogP) is 4.00. The van der Waals surface area contributed by atoms with E-state index < -0.39 is 0 Å². The van der Waals surface area contributed by atoms with Crippen molar-refractivity contribution in [2.45, 2.75) is 19.4 Å². The smallest absolute Gasteiger partial charge is 0.214 e. The normalized spacial score (nSPS) is 10.6.